The molecule has 0 aliphatic carbocycles. The minimum atomic E-state index is -0.241. The maximum atomic E-state index is 12.9. The zero-order valence-electron chi connectivity index (χ0n) is 9.93. The van der Waals surface area contributed by atoms with Crippen LogP contribution in [0.25, 0.3) is 0 Å². The second-order valence-corrected chi connectivity index (χ2v) is 4.44. The number of nitrogens with one attached hydrogen (secondary N) is 1. The summed E-state index contributed by atoms with van der Waals surface area (Å²) in [7, 11) is 0. The van der Waals surface area contributed by atoms with Gasteiger partial charge in [0.1, 0.15) is 16.5 Å². The fraction of sp³-hybridized carbons (Fsp3) is 0.273. The van der Waals surface area contributed by atoms with E-state index in [0.717, 1.165) is 22.9 Å². The van der Waals surface area contributed by atoms with Crippen LogP contribution in [-0.2, 0) is 6.54 Å². The number of nitrogens with two attached hydrogens (primary N) is 1. The summed E-state index contributed by atoms with van der Waals surface area (Å²) in [6.07, 6.45) is 0. The van der Waals surface area contributed by atoms with Crippen molar-refractivity contribution in [3.63, 3.8) is 0 Å². The Kier molecular flexibility index (Phi) is 4.06. The molecule has 2 aromatic rings. The largest absolute Gasteiger partial charge is 0.366 e. The highest BCUT2D eigenvalue weighted by atomic mass is 32.1. The number of benzene rings is 1. The van der Waals surface area contributed by atoms with Crippen molar-refractivity contribution in [2.45, 2.75) is 13.5 Å². The standard InChI is InChI=1S/C11H14FN5S/c1-2-17(9-5-3-8(12)4-6-9)7-10-11(14-13)18-16-15-10/h3-6,14H,2,7,13H2,1H3. The molecule has 5 nitrogen and oxygen atoms in total. The molecule has 0 unspecified atom stereocenters. The predicted octanol–water partition coefficient (Wildman–Crippen LogP) is 1.99. The second-order valence-electron chi connectivity index (χ2n) is 3.68. The van der Waals surface area contributed by atoms with Crippen LogP contribution in [0.2, 0.25) is 0 Å². The van der Waals surface area contributed by atoms with E-state index in [1.807, 2.05) is 6.92 Å². The number of hydrazine groups is 1. The van der Waals surface area contributed by atoms with Gasteiger partial charge in [-0.15, -0.1) is 5.10 Å². The van der Waals surface area contributed by atoms with E-state index in [4.69, 9.17) is 5.84 Å². The molecule has 1 aromatic heterocycles. The Labute approximate surface area is 109 Å². The van der Waals surface area contributed by atoms with Crippen LogP contribution in [0.3, 0.4) is 0 Å². The number of hydrogen-bond acceptors (Lipinski definition) is 6. The molecule has 0 aliphatic heterocycles. The van der Waals surface area contributed by atoms with E-state index in [9.17, 15) is 4.39 Å². The maximum absolute atomic E-state index is 12.9. The van der Waals surface area contributed by atoms with E-state index in [1.165, 1.54) is 23.7 Å². The van der Waals surface area contributed by atoms with Crippen LogP contribution in [0.15, 0.2) is 24.3 Å². The van der Waals surface area contributed by atoms with Crippen molar-refractivity contribution in [1.82, 2.24) is 9.59 Å². The molecule has 1 aromatic carbocycles. The highest BCUT2D eigenvalue weighted by Gasteiger charge is 2.12. The number of rotatable bonds is 5. The number of nitrogens with zero attached hydrogens (tertiary/aromatic N) is 3. The van der Waals surface area contributed by atoms with Gasteiger partial charge in [-0.05, 0) is 31.2 Å². The summed E-state index contributed by atoms with van der Waals surface area (Å²) in [5.74, 6) is 5.14. The fourth-order valence-corrected chi connectivity index (χ4v) is 2.12. The predicted molar refractivity (Wildman–Crippen MR) is 70.8 cm³/mol. The van der Waals surface area contributed by atoms with E-state index in [-0.39, 0.29) is 5.82 Å². The van der Waals surface area contributed by atoms with Gasteiger partial charge in [-0.2, -0.15) is 0 Å². The molecule has 0 amide bonds. The SMILES string of the molecule is CCN(Cc1nnsc1NN)c1ccc(F)cc1. The third kappa shape index (κ3) is 2.74. The van der Waals surface area contributed by atoms with Crippen LogP contribution >= 0.6 is 11.5 Å². The number of hydrogen-bond donors (Lipinski definition) is 2. The van der Waals surface area contributed by atoms with E-state index in [0.29, 0.717) is 6.54 Å². The molecule has 0 bridgehead atoms. The van der Waals surface area contributed by atoms with Gasteiger partial charge in [0, 0.05) is 23.8 Å². The Morgan fingerprint density at radius 1 is 1.39 bits per heavy atom. The minimum Gasteiger partial charge on any atom is -0.366 e. The van der Waals surface area contributed by atoms with Crippen molar-refractivity contribution in [2.24, 2.45) is 5.84 Å². The van der Waals surface area contributed by atoms with Crippen molar-refractivity contribution < 1.29 is 4.39 Å². The summed E-state index contributed by atoms with van der Waals surface area (Å²) >= 11 is 1.22. The first kappa shape index (κ1) is 12.7. The molecule has 0 saturated carbocycles. The third-order valence-electron chi connectivity index (χ3n) is 2.60. The van der Waals surface area contributed by atoms with Crippen LogP contribution in [0, 0.1) is 5.82 Å². The van der Waals surface area contributed by atoms with E-state index in [1.54, 1.807) is 12.1 Å². The van der Waals surface area contributed by atoms with Crippen LogP contribution < -0.4 is 16.2 Å². The van der Waals surface area contributed by atoms with Gasteiger partial charge < -0.3 is 10.3 Å². The van der Waals surface area contributed by atoms with Crippen LogP contribution in [-0.4, -0.2) is 16.1 Å². The van der Waals surface area contributed by atoms with Crippen molar-refractivity contribution in [3.8, 4) is 0 Å². The molecular weight excluding hydrogens is 253 g/mol. The topological polar surface area (TPSA) is 67.1 Å². The van der Waals surface area contributed by atoms with E-state index >= 15 is 0 Å². The van der Waals surface area contributed by atoms with Crippen LogP contribution in [0.4, 0.5) is 15.1 Å². The van der Waals surface area contributed by atoms with Gasteiger partial charge in [-0.25, -0.2) is 10.2 Å². The van der Waals surface area contributed by atoms with Crippen molar-refractivity contribution >= 4 is 22.2 Å². The molecule has 0 atom stereocenters. The Hall–Kier alpha value is -1.73. The Bertz CT molecular complexity index is 498. The van der Waals surface area contributed by atoms with Gasteiger partial charge >= 0.3 is 0 Å². The molecule has 3 N–H and O–H groups in total. The van der Waals surface area contributed by atoms with Crippen molar-refractivity contribution in [1.29, 1.82) is 0 Å². The van der Waals surface area contributed by atoms with E-state index in [2.05, 4.69) is 19.9 Å². The Balaban J connectivity index is 2.17. The molecule has 0 fully saturated rings. The second kappa shape index (κ2) is 5.74. The normalized spacial score (nSPS) is 10.4. The fourth-order valence-electron chi connectivity index (χ4n) is 1.64. The third-order valence-corrected chi connectivity index (χ3v) is 3.30. The molecule has 0 radical (unpaired) electrons. The first-order valence-electron chi connectivity index (χ1n) is 5.53. The monoisotopic (exact) mass is 267 g/mol. The number of halogens is 1. The Morgan fingerprint density at radius 2 is 2.11 bits per heavy atom. The van der Waals surface area contributed by atoms with Crippen LogP contribution in [0.5, 0.6) is 0 Å². The quantitative estimate of drug-likeness (QED) is 0.640. The smallest absolute Gasteiger partial charge is 0.149 e. The molecule has 1 heterocycles. The lowest BCUT2D eigenvalue weighted by molar-refractivity contribution is 0.627. The van der Waals surface area contributed by atoms with E-state index < -0.39 is 0 Å². The van der Waals surface area contributed by atoms with Crippen molar-refractivity contribution in [3.05, 3.63) is 35.8 Å². The molecule has 0 saturated heterocycles. The summed E-state index contributed by atoms with van der Waals surface area (Å²) in [4.78, 5) is 2.07. The average Bonchev–Trinajstić information content (AvgIpc) is 2.84. The van der Waals surface area contributed by atoms with Gasteiger partial charge in [-0.3, -0.25) is 0 Å². The zero-order chi connectivity index (χ0) is 13.0. The van der Waals surface area contributed by atoms with Crippen molar-refractivity contribution in [2.75, 3.05) is 16.9 Å². The zero-order valence-corrected chi connectivity index (χ0v) is 10.7. The average molecular weight is 267 g/mol. The molecule has 0 spiro atoms. The lowest BCUT2D eigenvalue weighted by atomic mass is 10.2. The summed E-state index contributed by atoms with van der Waals surface area (Å²) in [6.45, 7) is 3.39. The van der Waals surface area contributed by atoms with Gasteiger partial charge in [0.25, 0.3) is 0 Å². The lowest BCUT2D eigenvalue weighted by Crippen LogP contribution is -2.23. The molecule has 7 heteroatoms. The molecule has 0 aliphatic rings. The van der Waals surface area contributed by atoms with Gasteiger partial charge in [-0.1, -0.05) is 4.49 Å². The first-order chi connectivity index (χ1) is 8.74. The highest BCUT2D eigenvalue weighted by molar-refractivity contribution is 7.10. The molecular formula is C11H14FN5S. The minimum absolute atomic E-state index is 0.241. The Morgan fingerprint density at radius 3 is 2.72 bits per heavy atom. The first-order valence-corrected chi connectivity index (χ1v) is 6.30. The lowest BCUT2D eigenvalue weighted by Gasteiger charge is -2.22. The number of anilines is 2. The summed E-state index contributed by atoms with van der Waals surface area (Å²) in [5.41, 5.74) is 4.30. The number of aromatic nitrogens is 2. The summed E-state index contributed by atoms with van der Waals surface area (Å²) < 4.78 is 16.7. The van der Waals surface area contributed by atoms with Gasteiger partial charge in [0.15, 0.2) is 0 Å². The summed E-state index contributed by atoms with van der Waals surface area (Å²) in [6, 6.07) is 6.38. The molecule has 2 rings (SSSR count). The van der Waals surface area contributed by atoms with Gasteiger partial charge in [0.05, 0.1) is 6.54 Å². The molecule has 18 heavy (non-hydrogen) atoms. The van der Waals surface area contributed by atoms with Gasteiger partial charge in [0.2, 0.25) is 0 Å². The summed E-state index contributed by atoms with van der Waals surface area (Å²) in [5, 5.41) is 4.77. The van der Waals surface area contributed by atoms with Crippen LogP contribution in [0.1, 0.15) is 12.6 Å². The highest BCUT2D eigenvalue weighted by Crippen LogP contribution is 2.22. The maximum Gasteiger partial charge on any atom is 0.149 e. The number of nitrogen functional groups attached to an aromatic ring is 1. The molecule has 96 valence electrons.